The van der Waals surface area contributed by atoms with Crippen molar-refractivity contribution in [3.8, 4) is 0 Å². The monoisotopic (exact) mass is 451 g/mol. The van der Waals surface area contributed by atoms with Crippen LogP contribution in [0.4, 0.5) is 13.9 Å². The Balaban J connectivity index is 1.53. The van der Waals surface area contributed by atoms with Crippen molar-refractivity contribution < 1.29 is 22.0 Å². The number of nitrogens with zero attached hydrogens (tertiary/aromatic N) is 1. The Morgan fingerprint density at radius 2 is 1.87 bits per heavy atom. The van der Waals surface area contributed by atoms with Gasteiger partial charge in [-0.05, 0) is 42.8 Å². The van der Waals surface area contributed by atoms with Crippen molar-refractivity contribution in [1.82, 2.24) is 9.71 Å². The Bertz CT molecular complexity index is 1150. The molecule has 0 atom stereocenters. The molecule has 0 aliphatic heterocycles. The minimum absolute atomic E-state index is 0.158. The number of carbonyl (C=O) groups is 1. The van der Waals surface area contributed by atoms with Crippen molar-refractivity contribution in [2.24, 2.45) is 0 Å². The number of hydrogen-bond donors (Lipinski definition) is 2. The van der Waals surface area contributed by atoms with E-state index in [2.05, 4.69) is 15.0 Å². The van der Waals surface area contributed by atoms with Crippen molar-refractivity contribution in [3.05, 3.63) is 76.3 Å². The summed E-state index contributed by atoms with van der Waals surface area (Å²) in [6.45, 7) is 0. The van der Waals surface area contributed by atoms with Crippen LogP contribution in [0.15, 0.2) is 53.6 Å². The molecule has 3 rings (SSSR count). The van der Waals surface area contributed by atoms with Crippen molar-refractivity contribution >= 4 is 32.4 Å². The summed E-state index contributed by atoms with van der Waals surface area (Å²) in [6.07, 6.45) is 2.43. The fourth-order valence-electron chi connectivity index (χ4n) is 2.69. The van der Waals surface area contributed by atoms with Crippen LogP contribution in [0.2, 0.25) is 0 Å². The number of aryl methyl sites for hydroxylation is 1. The topological polar surface area (TPSA) is 88.2 Å². The zero-order valence-electron chi connectivity index (χ0n) is 16.0. The third kappa shape index (κ3) is 5.68. The first-order chi connectivity index (χ1) is 14.3. The smallest absolute Gasteiger partial charge is 0.240 e. The van der Waals surface area contributed by atoms with E-state index < -0.39 is 21.7 Å². The lowest BCUT2D eigenvalue weighted by Gasteiger charge is -2.05. The van der Waals surface area contributed by atoms with Gasteiger partial charge in [0.2, 0.25) is 15.9 Å². The van der Waals surface area contributed by atoms with Gasteiger partial charge in [0, 0.05) is 30.0 Å². The fraction of sp³-hybridized carbons (Fsp3) is 0.200. The summed E-state index contributed by atoms with van der Waals surface area (Å²) >= 11 is 1.22. The predicted octanol–water partition coefficient (Wildman–Crippen LogP) is 3.49. The molecular formula is C20H19F2N3O3S2. The molecular weight excluding hydrogens is 432 g/mol. The van der Waals surface area contributed by atoms with E-state index in [-0.39, 0.29) is 23.6 Å². The molecule has 1 amide bonds. The molecule has 0 fully saturated rings. The minimum atomic E-state index is -3.49. The van der Waals surface area contributed by atoms with E-state index in [1.807, 2.05) is 0 Å². The zero-order chi connectivity index (χ0) is 21.7. The van der Waals surface area contributed by atoms with Gasteiger partial charge < -0.3 is 5.32 Å². The quantitative estimate of drug-likeness (QED) is 0.549. The van der Waals surface area contributed by atoms with E-state index in [0.29, 0.717) is 17.1 Å². The lowest BCUT2D eigenvalue weighted by atomic mass is 10.1. The summed E-state index contributed by atoms with van der Waals surface area (Å²) in [6, 6.07) is 9.71. The van der Waals surface area contributed by atoms with Crippen LogP contribution in [0.3, 0.4) is 0 Å². The third-order valence-corrected chi connectivity index (χ3v) is 6.67. The van der Waals surface area contributed by atoms with Crippen molar-refractivity contribution in [1.29, 1.82) is 0 Å². The van der Waals surface area contributed by atoms with E-state index in [1.165, 1.54) is 42.6 Å². The van der Waals surface area contributed by atoms with E-state index in [0.717, 1.165) is 16.5 Å². The maximum absolute atomic E-state index is 13.8. The highest BCUT2D eigenvalue weighted by Gasteiger charge is 2.12. The van der Waals surface area contributed by atoms with Gasteiger partial charge in [0.25, 0.3) is 0 Å². The average Bonchev–Trinajstić information content (AvgIpc) is 3.15. The molecule has 2 N–H and O–H groups in total. The SMILES string of the molecule is CNS(=O)(=O)c1ccc(CCC(=O)Nc2ncc(Cc3ccc(F)cc3F)s2)cc1. The highest BCUT2D eigenvalue weighted by Crippen LogP contribution is 2.23. The summed E-state index contributed by atoms with van der Waals surface area (Å²) in [5.74, 6) is -1.50. The number of hydrogen-bond acceptors (Lipinski definition) is 5. The molecule has 1 aromatic heterocycles. The molecule has 0 spiro atoms. The number of benzene rings is 2. The molecule has 0 unspecified atom stereocenters. The van der Waals surface area contributed by atoms with Crippen LogP contribution in [0.1, 0.15) is 22.4 Å². The summed E-state index contributed by atoms with van der Waals surface area (Å²) in [4.78, 5) is 17.2. The number of amides is 1. The Hall–Kier alpha value is -2.69. The number of anilines is 1. The van der Waals surface area contributed by atoms with Crippen LogP contribution in [-0.2, 0) is 27.7 Å². The molecule has 0 saturated heterocycles. The van der Waals surface area contributed by atoms with Crippen LogP contribution in [0.5, 0.6) is 0 Å². The molecule has 0 aliphatic carbocycles. The molecule has 0 bridgehead atoms. The molecule has 158 valence electrons. The van der Waals surface area contributed by atoms with Crippen LogP contribution in [0.25, 0.3) is 0 Å². The van der Waals surface area contributed by atoms with Gasteiger partial charge in [-0.2, -0.15) is 0 Å². The molecule has 30 heavy (non-hydrogen) atoms. The Kier molecular flexibility index (Phi) is 6.91. The van der Waals surface area contributed by atoms with Crippen LogP contribution >= 0.6 is 11.3 Å². The number of aromatic nitrogens is 1. The molecule has 2 aromatic carbocycles. The predicted molar refractivity (Wildman–Crippen MR) is 111 cm³/mol. The van der Waals surface area contributed by atoms with Gasteiger partial charge in [-0.3, -0.25) is 4.79 Å². The highest BCUT2D eigenvalue weighted by molar-refractivity contribution is 7.89. The molecule has 6 nitrogen and oxygen atoms in total. The number of nitrogens with one attached hydrogen (secondary N) is 2. The first-order valence-corrected chi connectivity index (χ1v) is 11.3. The summed E-state index contributed by atoms with van der Waals surface area (Å²) < 4.78 is 52.4. The van der Waals surface area contributed by atoms with Crippen molar-refractivity contribution in [2.75, 3.05) is 12.4 Å². The number of rotatable bonds is 8. The van der Waals surface area contributed by atoms with Gasteiger partial charge in [-0.1, -0.05) is 18.2 Å². The number of halogens is 2. The lowest BCUT2D eigenvalue weighted by molar-refractivity contribution is -0.116. The molecule has 10 heteroatoms. The third-order valence-electron chi connectivity index (χ3n) is 4.32. The summed E-state index contributed by atoms with van der Waals surface area (Å²) in [5, 5.41) is 3.09. The minimum Gasteiger partial charge on any atom is -0.302 e. The molecule has 0 saturated carbocycles. The Morgan fingerprint density at radius 1 is 1.13 bits per heavy atom. The van der Waals surface area contributed by atoms with Crippen LogP contribution in [-0.4, -0.2) is 26.4 Å². The normalized spacial score (nSPS) is 11.4. The van der Waals surface area contributed by atoms with E-state index in [9.17, 15) is 22.0 Å². The van der Waals surface area contributed by atoms with E-state index >= 15 is 0 Å². The maximum Gasteiger partial charge on any atom is 0.240 e. The largest absolute Gasteiger partial charge is 0.302 e. The molecule has 1 heterocycles. The Labute approximate surface area is 177 Å². The highest BCUT2D eigenvalue weighted by atomic mass is 32.2. The van der Waals surface area contributed by atoms with Gasteiger partial charge >= 0.3 is 0 Å². The van der Waals surface area contributed by atoms with Gasteiger partial charge in [0.05, 0.1) is 4.90 Å². The van der Waals surface area contributed by atoms with E-state index in [1.54, 1.807) is 18.3 Å². The first kappa shape index (κ1) is 22.0. The average molecular weight is 452 g/mol. The van der Waals surface area contributed by atoms with Gasteiger partial charge in [0.1, 0.15) is 11.6 Å². The standard InChI is InChI=1S/C20H19F2N3O3S2/c1-23-30(27,28)17-7-2-13(3-8-17)4-9-19(26)25-20-24-12-16(29-20)10-14-5-6-15(21)11-18(14)22/h2-3,5-8,11-12,23H,4,9-10H2,1H3,(H,24,25,26). The molecule has 0 aliphatic rings. The summed E-state index contributed by atoms with van der Waals surface area (Å²) in [5.41, 5.74) is 1.17. The van der Waals surface area contributed by atoms with E-state index in [4.69, 9.17) is 0 Å². The van der Waals surface area contributed by atoms with Gasteiger partial charge in [-0.15, -0.1) is 11.3 Å². The maximum atomic E-state index is 13.8. The second-order valence-corrected chi connectivity index (χ2v) is 9.45. The molecule has 3 aromatic rings. The van der Waals surface area contributed by atoms with Crippen LogP contribution < -0.4 is 10.0 Å². The number of thiazole rings is 1. The number of carbonyl (C=O) groups excluding carboxylic acids is 1. The van der Waals surface area contributed by atoms with Crippen LogP contribution in [0, 0.1) is 11.6 Å². The first-order valence-electron chi connectivity index (χ1n) is 8.98. The number of sulfonamides is 1. The van der Waals surface area contributed by atoms with Gasteiger partial charge in [0.15, 0.2) is 5.13 Å². The van der Waals surface area contributed by atoms with Crippen molar-refractivity contribution in [2.45, 2.75) is 24.2 Å². The second kappa shape index (κ2) is 9.41. The Morgan fingerprint density at radius 3 is 2.53 bits per heavy atom. The fourth-order valence-corrected chi connectivity index (χ4v) is 4.27. The van der Waals surface area contributed by atoms with Gasteiger partial charge in [-0.25, -0.2) is 26.9 Å². The second-order valence-electron chi connectivity index (χ2n) is 6.44. The summed E-state index contributed by atoms with van der Waals surface area (Å²) in [7, 11) is -2.15. The molecule has 0 radical (unpaired) electrons. The zero-order valence-corrected chi connectivity index (χ0v) is 17.6. The van der Waals surface area contributed by atoms with Crippen molar-refractivity contribution in [3.63, 3.8) is 0 Å². The lowest BCUT2D eigenvalue weighted by Crippen LogP contribution is -2.18.